The zero-order valence-corrected chi connectivity index (χ0v) is 28.0. The van der Waals surface area contributed by atoms with Gasteiger partial charge in [0.25, 0.3) is 0 Å². The largest absolute Gasteiger partial charge is 0.345 e. The molecule has 0 radical (unpaired) electrons. The zero-order chi connectivity index (χ0) is 30.4. The molecule has 0 heterocycles. The summed E-state index contributed by atoms with van der Waals surface area (Å²) in [6.45, 7) is 12.2. The molecule has 0 saturated heterocycles. The maximum atomic E-state index is 8.77. The predicted molar refractivity (Wildman–Crippen MR) is 178 cm³/mol. The van der Waals surface area contributed by atoms with E-state index in [0.717, 1.165) is 61.2 Å². The summed E-state index contributed by atoms with van der Waals surface area (Å²) in [6, 6.07) is 0. The number of hydrogen-bond acceptors (Lipinski definition) is 4. The molecule has 2 aliphatic carbocycles. The molecule has 2 rings (SSSR count). The minimum Gasteiger partial charge on any atom is -0.345 e. The van der Waals surface area contributed by atoms with Gasteiger partial charge in [0.05, 0.1) is 0 Å². The summed E-state index contributed by atoms with van der Waals surface area (Å²) in [4.78, 5) is 8.55. The Labute approximate surface area is 261 Å². The Kier molecular flexibility index (Phi) is 20.7. The van der Waals surface area contributed by atoms with Crippen molar-refractivity contribution in [2.24, 2.45) is 35.5 Å². The standard InChI is InChI=1S/C38H70O4/c1-5-7-9-17-24-34-29-36-28-27-33(23-19-13-11-15-21-31(3)41-39)37(26-20-14-12-16-22-32(4)42-40)38(36)30-35(34)25-18-10-8-6-2/h33-40H,3-30H2,1-2H3. The average Bonchev–Trinajstić information content (AvgIpc) is 3.00. The smallest absolute Gasteiger partial charge is 0.135 e. The van der Waals surface area contributed by atoms with E-state index in [-0.39, 0.29) is 0 Å². The third-order valence-corrected chi connectivity index (χ3v) is 11.2. The van der Waals surface area contributed by atoms with Gasteiger partial charge in [0.2, 0.25) is 0 Å². The van der Waals surface area contributed by atoms with E-state index in [2.05, 4.69) is 36.8 Å². The Bertz CT molecular complexity index is 691. The van der Waals surface area contributed by atoms with E-state index < -0.39 is 0 Å². The molecule has 42 heavy (non-hydrogen) atoms. The first-order valence-corrected chi connectivity index (χ1v) is 18.5. The van der Waals surface area contributed by atoms with Crippen molar-refractivity contribution >= 4 is 0 Å². The minimum atomic E-state index is 0.492. The van der Waals surface area contributed by atoms with Crippen molar-refractivity contribution in [3.05, 3.63) is 24.7 Å². The molecule has 4 heteroatoms. The first-order chi connectivity index (χ1) is 20.5. The molecule has 0 aromatic heterocycles. The molecule has 6 atom stereocenters. The molecule has 0 spiro atoms. The first-order valence-electron chi connectivity index (χ1n) is 18.5. The van der Waals surface area contributed by atoms with Gasteiger partial charge >= 0.3 is 0 Å². The van der Waals surface area contributed by atoms with Gasteiger partial charge in [0, 0.05) is 12.8 Å². The molecular formula is C38H70O4. The summed E-state index contributed by atoms with van der Waals surface area (Å²) in [6.07, 6.45) is 34.4. The molecule has 0 aromatic carbocycles. The van der Waals surface area contributed by atoms with E-state index in [0.29, 0.717) is 11.5 Å². The lowest BCUT2D eigenvalue weighted by Crippen LogP contribution is -2.42. The van der Waals surface area contributed by atoms with Crippen LogP contribution in [-0.2, 0) is 9.78 Å². The van der Waals surface area contributed by atoms with Crippen LogP contribution in [0.2, 0.25) is 0 Å². The molecule has 2 fully saturated rings. The second kappa shape index (κ2) is 23.4. The van der Waals surface area contributed by atoms with Gasteiger partial charge in [0.15, 0.2) is 0 Å². The Morgan fingerprint density at radius 3 is 1.52 bits per heavy atom. The third kappa shape index (κ3) is 14.7. The molecular weight excluding hydrogens is 520 g/mol. The van der Waals surface area contributed by atoms with Crippen LogP contribution in [0.3, 0.4) is 0 Å². The molecule has 0 aliphatic heterocycles. The topological polar surface area (TPSA) is 58.9 Å². The van der Waals surface area contributed by atoms with Crippen molar-refractivity contribution in [1.29, 1.82) is 0 Å². The molecule has 4 nitrogen and oxygen atoms in total. The molecule has 2 aliphatic rings. The van der Waals surface area contributed by atoms with Crippen molar-refractivity contribution in [2.45, 2.75) is 181 Å². The van der Waals surface area contributed by atoms with Gasteiger partial charge in [-0.25, -0.2) is 10.5 Å². The van der Waals surface area contributed by atoms with Gasteiger partial charge < -0.3 is 9.78 Å². The summed E-state index contributed by atoms with van der Waals surface area (Å²) in [7, 11) is 0. The minimum absolute atomic E-state index is 0.492. The highest BCUT2D eigenvalue weighted by molar-refractivity contribution is 4.94. The highest BCUT2D eigenvalue weighted by atomic mass is 17.1. The molecule has 2 saturated carbocycles. The van der Waals surface area contributed by atoms with Crippen LogP contribution in [0.4, 0.5) is 0 Å². The normalized spacial score (nSPS) is 25.6. The fourth-order valence-corrected chi connectivity index (χ4v) is 8.75. The summed E-state index contributed by atoms with van der Waals surface area (Å²) >= 11 is 0. The second-order valence-corrected chi connectivity index (χ2v) is 14.3. The molecule has 0 aromatic rings. The van der Waals surface area contributed by atoms with E-state index in [1.165, 1.54) is 141 Å². The monoisotopic (exact) mass is 591 g/mol. The van der Waals surface area contributed by atoms with Gasteiger partial charge in [-0.05, 0) is 80.5 Å². The van der Waals surface area contributed by atoms with E-state index in [9.17, 15) is 0 Å². The average molecular weight is 591 g/mol. The molecule has 2 N–H and O–H groups in total. The fourth-order valence-electron chi connectivity index (χ4n) is 8.75. The van der Waals surface area contributed by atoms with Crippen molar-refractivity contribution in [3.63, 3.8) is 0 Å². The van der Waals surface area contributed by atoms with Crippen LogP contribution in [0.5, 0.6) is 0 Å². The van der Waals surface area contributed by atoms with E-state index in [4.69, 9.17) is 10.5 Å². The molecule has 0 amide bonds. The van der Waals surface area contributed by atoms with Crippen LogP contribution < -0.4 is 0 Å². The van der Waals surface area contributed by atoms with E-state index >= 15 is 0 Å². The lowest BCUT2D eigenvalue weighted by molar-refractivity contribution is -0.205. The van der Waals surface area contributed by atoms with Gasteiger partial charge in [-0.1, -0.05) is 136 Å². The summed E-state index contributed by atoms with van der Waals surface area (Å²) in [5.41, 5.74) is 0. The van der Waals surface area contributed by atoms with E-state index in [1.807, 2.05) is 0 Å². The Morgan fingerprint density at radius 1 is 0.548 bits per heavy atom. The highest BCUT2D eigenvalue weighted by Crippen LogP contribution is 2.54. The summed E-state index contributed by atoms with van der Waals surface area (Å²) in [5, 5.41) is 17.5. The Morgan fingerprint density at radius 2 is 1.00 bits per heavy atom. The Hall–Kier alpha value is -1.00. The molecule has 246 valence electrons. The number of allylic oxidation sites excluding steroid dienone is 2. The molecule has 0 bridgehead atoms. The van der Waals surface area contributed by atoms with Gasteiger partial charge in [-0.15, -0.1) is 0 Å². The van der Waals surface area contributed by atoms with Crippen LogP contribution in [0.25, 0.3) is 0 Å². The zero-order valence-electron chi connectivity index (χ0n) is 28.0. The number of hydrogen-bond donors (Lipinski definition) is 2. The number of fused-ring (bicyclic) bond motifs is 1. The SMILES string of the molecule is C=C(CCCCCCC1CCC2CC(CCCCCC)C(CCCCCC)CC2C1CCCCCCC(=C)OO)OO. The summed E-state index contributed by atoms with van der Waals surface area (Å²) < 4.78 is 0. The third-order valence-electron chi connectivity index (χ3n) is 11.2. The first kappa shape index (κ1) is 37.2. The highest BCUT2D eigenvalue weighted by Gasteiger charge is 2.44. The van der Waals surface area contributed by atoms with Crippen LogP contribution >= 0.6 is 0 Å². The fraction of sp³-hybridized carbons (Fsp3) is 0.895. The van der Waals surface area contributed by atoms with Crippen molar-refractivity contribution in [1.82, 2.24) is 0 Å². The van der Waals surface area contributed by atoms with E-state index in [1.54, 1.807) is 0 Å². The van der Waals surface area contributed by atoms with Crippen LogP contribution in [-0.4, -0.2) is 10.5 Å². The maximum Gasteiger partial charge on any atom is 0.135 e. The predicted octanol–water partition coefficient (Wildman–Crippen LogP) is 12.9. The molecule has 6 unspecified atom stereocenters. The van der Waals surface area contributed by atoms with Crippen LogP contribution in [0.1, 0.15) is 181 Å². The van der Waals surface area contributed by atoms with Gasteiger partial charge in [0.1, 0.15) is 11.5 Å². The van der Waals surface area contributed by atoms with Crippen molar-refractivity contribution in [2.75, 3.05) is 0 Å². The van der Waals surface area contributed by atoms with Gasteiger partial charge in [-0.2, -0.15) is 0 Å². The van der Waals surface area contributed by atoms with Crippen LogP contribution in [0, 0.1) is 35.5 Å². The Balaban J connectivity index is 1.99. The lowest BCUT2D eigenvalue weighted by Gasteiger charge is -2.51. The number of rotatable bonds is 26. The van der Waals surface area contributed by atoms with Crippen LogP contribution in [0.15, 0.2) is 24.7 Å². The van der Waals surface area contributed by atoms with Gasteiger partial charge in [-0.3, -0.25) is 0 Å². The van der Waals surface area contributed by atoms with Crippen molar-refractivity contribution < 1.29 is 20.3 Å². The number of unbranched alkanes of at least 4 members (excludes halogenated alkanes) is 12. The summed E-state index contributed by atoms with van der Waals surface area (Å²) in [5.74, 6) is 6.70. The second-order valence-electron chi connectivity index (χ2n) is 14.3. The quantitative estimate of drug-likeness (QED) is 0.0455. The lowest BCUT2D eigenvalue weighted by atomic mass is 9.54. The maximum absolute atomic E-state index is 8.77. The van der Waals surface area contributed by atoms with Crippen molar-refractivity contribution in [3.8, 4) is 0 Å².